The smallest absolute Gasteiger partial charge is 0.225 e. The summed E-state index contributed by atoms with van der Waals surface area (Å²) < 4.78 is 5.21. The Morgan fingerprint density at radius 2 is 2.04 bits per heavy atom. The molecule has 2 aromatic heterocycles. The zero-order valence-electron chi connectivity index (χ0n) is 17.7. The highest BCUT2D eigenvalue weighted by molar-refractivity contribution is 7.18. The van der Waals surface area contributed by atoms with E-state index in [1.54, 1.807) is 24.8 Å². The van der Waals surface area contributed by atoms with Gasteiger partial charge >= 0.3 is 0 Å². The second kappa shape index (κ2) is 9.18. The molecule has 2 aromatic rings. The van der Waals surface area contributed by atoms with Gasteiger partial charge < -0.3 is 14.5 Å². The van der Waals surface area contributed by atoms with Crippen LogP contribution in [0.5, 0.6) is 0 Å². The average Bonchev–Trinajstić information content (AvgIpc) is 2.98. The minimum absolute atomic E-state index is 0.0921. The molecule has 1 aliphatic rings. The monoisotopic (exact) mass is 404 g/mol. The van der Waals surface area contributed by atoms with E-state index in [-0.39, 0.29) is 11.8 Å². The van der Waals surface area contributed by atoms with Crippen molar-refractivity contribution in [2.75, 3.05) is 44.8 Å². The first-order valence-electron chi connectivity index (χ1n) is 10.2. The Bertz CT molecular complexity index is 812. The number of hydrogen-bond donors (Lipinski definition) is 0. The van der Waals surface area contributed by atoms with E-state index in [0.29, 0.717) is 19.1 Å². The normalized spacial score (nSPS) is 15.6. The molecule has 1 aliphatic heterocycles. The highest BCUT2D eigenvalue weighted by atomic mass is 32.1. The minimum Gasteiger partial charge on any atom is -0.383 e. The molecule has 6 nitrogen and oxygen atoms in total. The summed E-state index contributed by atoms with van der Waals surface area (Å²) in [7, 11) is 1.69. The highest BCUT2D eigenvalue weighted by Crippen LogP contribution is 2.35. The number of ether oxygens (including phenoxy) is 1. The summed E-state index contributed by atoms with van der Waals surface area (Å²) in [5, 5.41) is 1.18. The third kappa shape index (κ3) is 4.46. The van der Waals surface area contributed by atoms with E-state index in [1.165, 1.54) is 15.8 Å². The van der Waals surface area contributed by atoms with Crippen molar-refractivity contribution in [1.29, 1.82) is 0 Å². The van der Waals surface area contributed by atoms with Gasteiger partial charge in [0.25, 0.3) is 0 Å². The van der Waals surface area contributed by atoms with Gasteiger partial charge in [-0.1, -0.05) is 13.8 Å². The largest absolute Gasteiger partial charge is 0.383 e. The first-order valence-corrected chi connectivity index (χ1v) is 11.0. The van der Waals surface area contributed by atoms with Crippen LogP contribution in [0.2, 0.25) is 0 Å². The van der Waals surface area contributed by atoms with Crippen LogP contribution < -0.4 is 4.90 Å². The van der Waals surface area contributed by atoms with E-state index in [0.717, 1.165) is 43.1 Å². The fourth-order valence-corrected chi connectivity index (χ4v) is 4.93. The van der Waals surface area contributed by atoms with Crippen LogP contribution in [0, 0.1) is 25.7 Å². The van der Waals surface area contributed by atoms with Crippen LogP contribution in [0.1, 0.15) is 37.1 Å². The van der Waals surface area contributed by atoms with Gasteiger partial charge in [-0.25, -0.2) is 9.97 Å². The molecule has 3 rings (SSSR count). The molecule has 28 heavy (non-hydrogen) atoms. The van der Waals surface area contributed by atoms with Gasteiger partial charge in [-0.3, -0.25) is 4.79 Å². The van der Waals surface area contributed by atoms with Crippen molar-refractivity contribution in [2.24, 2.45) is 11.8 Å². The number of methoxy groups -OCH3 is 1. The number of aryl methyl sites for hydroxylation is 2. The van der Waals surface area contributed by atoms with Crippen molar-refractivity contribution in [2.45, 2.75) is 40.5 Å². The van der Waals surface area contributed by atoms with Crippen molar-refractivity contribution in [3.8, 4) is 0 Å². The second-order valence-corrected chi connectivity index (χ2v) is 9.30. The number of hydrogen-bond acceptors (Lipinski definition) is 6. The maximum atomic E-state index is 13.1. The maximum Gasteiger partial charge on any atom is 0.225 e. The second-order valence-electron chi connectivity index (χ2n) is 8.09. The Balaban J connectivity index is 1.69. The summed E-state index contributed by atoms with van der Waals surface area (Å²) in [5.41, 5.74) is 1.27. The Kier molecular flexibility index (Phi) is 6.88. The van der Waals surface area contributed by atoms with E-state index < -0.39 is 0 Å². The molecule has 0 aliphatic carbocycles. The van der Waals surface area contributed by atoms with Crippen LogP contribution in [-0.4, -0.2) is 60.7 Å². The van der Waals surface area contributed by atoms with E-state index in [1.807, 2.05) is 4.90 Å². The lowest BCUT2D eigenvalue weighted by molar-refractivity contribution is -0.137. The van der Waals surface area contributed by atoms with E-state index in [9.17, 15) is 4.79 Å². The summed E-state index contributed by atoms with van der Waals surface area (Å²) in [4.78, 5) is 28.8. The molecule has 0 saturated carbocycles. The zero-order chi connectivity index (χ0) is 20.3. The van der Waals surface area contributed by atoms with E-state index >= 15 is 0 Å². The summed E-state index contributed by atoms with van der Waals surface area (Å²) >= 11 is 1.73. The lowest BCUT2D eigenvalue weighted by Gasteiger charge is -2.35. The first kappa shape index (κ1) is 21.0. The van der Waals surface area contributed by atoms with Crippen LogP contribution in [-0.2, 0) is 9.53 Å². The number of nitrogens with zero attached hydrogens (tertiary/aromatic N) is 4. The summed E-state index contributed by atoms with van der Waals surface area (Å²) in [5.74, 6) is 1.85. The number of rotatable bonds is 7. The van der Waals surface area contributed by atoms with Crippen LogP contribution >= 0.6 is 11.3 Å². The summed E-state index contributed by atoms with van der Waals surface area (Å²) in [6.45, 7) is 12.4. The van der Waals surface area contributed by atoms with Crippen molar-refractivity contribution >= 4 is 33.3 Å². The Labute approximate surface area is 171 Å². The number of fused-ring (bicyclic) bond motifs is 1. The number of amides is 1. The molecule has 0 radical (unpaired) electrons. The average molecular weight is 405 g/mol. The van der Waals surface area contributed by atoms with Crippen LogP contribution in [0.3, 0.4) is 0 Å². The quantitative estimate of drug-likeness (QED) is 0.705. The number of carbonyl (C=O) groups is 1. The molecule has 0 unspecified atom stereocenters. The van der Waals surface area contributed by atoms with Gasteiger partial charge in [0.05, 0.1) is 12.0 Å². The third-order valence-electron chi connectivity index (χ3n) is 5.55. The lowest BCUT2D eigenvalue weighted by Crippen LogP contribution is -2.45. The molecule has 7 heteroatoms. The topological polar surface area (TPSA) is 58.6 Å². The van der Waals surface area contributed by atoms with Gasteiger partial charge in [0.15, 0.2) is 0 Å². The van der Waals surface area contributed by atoms with Gasteiger partial charge in [-0.15, -0.1) is 11.3 Å². The van der Waals surface area contributed by atoms with Gasteiger partial charge in [0, 0.05) is 44.1 Å². The molecule has 0 atom stereocenters. The van der Waals surface area contributed by atoms with Crippen molar-refractivity contribution in [3.05, 3.63) is 16.8 Å². The fraction of sp³-hybridized carbons (Fsp3) is 0.667. The number of aromatic nitrogens is 2. The lowest BCUT2D eigenvalue weighted by atomic mass is 9.94. The molecule has 3 heterocycles. The molecule has 0 aromatic carbocycles. The molecule has 0 spiro atoms. The number of piperidine rings is 1. The summed E-state index contributed by atoms with van der Waals surface area (Å²) in [6, 6.07) is 0. The number of anilines is 1. The van der Waals surface area contributed by atoms with E-state index in [4.69, 9.17) is 4.74 Å². The van der Waals surface area contributed by atoms with Gasteiger partial charge in [0.2, 0.25) is 5.91 Å². The Morgan fingerprint density at radius 1 is 1.32 bits per heavy atom. The number of carbonyl (C=O) groups excluding carboxylic acids is 1. The van der Waals surface area contributed by atoms with Crippen molar-refractivity contribution in [1.82, 2.24) is 14.9 Å². The maximum absolute atomic E-state index is 13.1. The molecule has 0 bridgehead atoms. The molecule has 0 N–H and O–H groups in total. The fourth-order valence-electron chi connectivity index (χ4n) is 3.93. The van der Waals surface area contributed by atoms with Gasteiger partial charge in [-0.05, 0) is 38.2 Å². The van der Waals surface area contributed by atoms with Crippen LogP contribution in [0.4, 0.5) is 5.82 Å². The molecule has 1 saturated heterocycles. The van der Waals surface area contributed by atoms with Gasteiger partial charge in [-0.2, -0.15) is 0 Å². The zero-order valence-corrected chi connectivity index (χ0v) is 18.5. The first-order chi connectivity index (χ1) is 13.4. The summed E-state index contributed by atoms with van der Waals surface area (Å²) in [6.07, 6.45) is 3.40. The molecule has 154 valence electrons. The molecular weight excluding hydrogens is 372 g/mol. The SMILES string of the molecule is COCCN(CC(C)C)C(=O)C1CCN(c2ncnc3sc(C)c(C)c23)CC1. The Morgan fingerprint density at radius 3 is 2.68 bits per heavy atom. The van der Waals surface area contributed by atoms with Gasteiger partial charge in [0.1, 0.15) is 17.0 Å². The predicted molar refractivity (Wildman–Crippen MR) is 115 cm³/mol. The van der Waals surface area contributed by atoms with Crippen molar-refractivity contribution < 1.29 is 9.53 Å². The third-order valence-corrected chi connectivity index (χ3v) is 6.67. The standard InChI is InChI=1S/C21H32N4O2S/c1-14(2)12-25(10-11-27-5)21(26)17-6-8-24(9-7-17)19-18-15(3)16(4)28-20(18)23-13-22-19/h13-14,17H,6-12H2,1-5H3. The minimum atomic E-state index is 0.0921. The molecule has 1 fully saturated rings. The predicted octanol–water partition coefficient (Wildman–Crippen LogP) is 3.66. The Hall–Kier alpha value is -1.73. The molecular formula is C21H32N4O2S. The number of thiophene rings is 1. The van der Waals surface area contributed by atoms with Crippen LogP contribution in [0.25, 0.3) is 10.2 Å². The van der Waals surface area contributed by atoms with Crippen LogP contribution in [0.15, 0.2) is 6.33 Å². The van der Waals surface area contributed by atoms with E-state index in [2.05, 4.69) is 42.6 Å². The molecule has 1 amide bonds. The van der Waals surface area contributed by atoms with Crippen molar-refractivity contribution in [3.63, 3.8) is 0 Å². The highest BCUT2D eigenvalue weighted by Gasteiger charge is 2.30.